The molecular weight excluding hydrogens is 446 g/mol. The van der Waals surface area contributed by atoms with Crippen LogP contribution in [0.25, 0.3) is 0 Å². The predicted molar refractivity (Wildman–Crippen MR) is 140 cm³/mol. The topological polar surface area (TPSA) is 0 Å². The fraction of sp³-hybridized carbons (Fsp3) is 0.333. The summed E-state index contributed by atoms with van der Waals surface area (Å²) in [4.78, 5) is 0. The van der Waals surface area contributed by atoms with Gasteiger partial charge in [0.05, 0.1) is 0 Å². The van der Waals surface area contributed by atoms with E-state index in [2.05, 4.69) is 130 Å². The van der Waals surface area contributed by atoms with E-state index in [0.29, 0.717) is 0 Å². The molecule has 0 saturated heterocycles. The summed E-state index contributed by atoms with van der Waals surface area (Å²) in [5.41, 5.74) is 4.13. The van der Waals surface area contributed by atoms with Crippen LogP contribution in [0.2, 0.25) is 0 Å². The second kappa shape index (κ2) is 8.64. The average Bonchev–Trinajstić information content (AvgIpc) is 2.69. The highest BCUT2D eigenvalue weighted by molar-refractivity contribution is 9.10. The molecule has 3 heteroatoms. The largest absolute Gasteiger partial charge is 0.291 e. The molecule has 0 unspecified atom stereocenters. The Bertz CT molecular complexity index is 959. The molecule has 0 aromatic heterocycles. The zero-order valence-corrected chi connectivity index (χ0v) is 21.5. The lowest BCUT2D eigenvalue weighted by Crippen LogP contribution is -2.25. The van der Waals surface area contributed by atoms with Crippen molar-refractivity contribution in [1.82, 2.24) is 0 Å². The highest BCUT2D eigenvalue weighted by atomic mass is 79.9. The Balaban J connectivity index is 2.23. The summed E-state index contributed by atoms with van der Waals surface area (Å²) >= 11 is 3.98. The summed E-state index contributed by atoms with van der Waals surface area (Å²) < 4.78 is 1.20. The van der Waals surface area contributed by atoms with Gasteiger partial charge in [0.2, 0.25) is 0 Å². The third-order valence-corrected chi connectivity index (χ3v) is 9.89. The maximum Gasteiger partial charge on any atom is 0.0470 e. The van der Waals surface area contributed by atoms with Gasteiger partial charge >= 0.3 is 0 Å². The van der Waals surface area contributed by atoms with Gasteiger partial charge in [-0.05, 0) is 46.2 Å². The molecule has 0 aliphatic rings. The summed E-state index contributed by atoms with van der Waals surface area (Å²) in [5, 5.41) is 2.48. The zero-order chi connectivity index (χ0) is 22.2. The molecule has 0 nitrogen and oxygen atoms in total. The fourth-order valence-electron chi connectivity index (χ4n) is 3.77. The van der Waals surface area contributed by atoms with Crippen LogP contribution in [0, 0.1) is 0 Å². The first-order chi connectivity index (χ1) is 13.9. The van der Waals surface area contributed by atoms with Crippen LogP contribution < -0.4 is 10.6 Å². The van der Waals surface area contributed by atoms with Crippen LogP contribution in [0.5, 0.6) is 0 Å². The molecular formula is C27H32BBrP. The van der Waals surface area contributed by atoms with Crippen LogP contribution in [0.15, 0.2) is 77.3 Å². The van der Waals surface area contributed by atoms with Crippen molar-refractivity contribution in [3.8, 4) is 0 Å². The standard InChI is InChI=1S/C27H32BBrP/c1-26(2,3)21-17-20(25(29)24(18-21)27(4,5)6)19-30(28,22-13-9-7-10-14-22)23-15-11-8-12-16-23/h7-18H,19H2,1-6H3. The molecule has 0 amide bonds. The van der Waals surface area contributed by atoms with Crippen LogP contribution in [-0.4, -0.2) is 7.57 Å². The predicted octanol–water partition coefficient (Wildman–Crippen LogP) is 7.30. The van der Waals surface area contributed by atoms with E-state index in [4.69, 9.17) is 7.57 Å². The average molecular weight is 478 g/mol. The smallest absolute Gasteiger partial charge is 0.0470 e. The Morgan fingerprint density at radius 1 is 0.733 bits per heavy atom. The van der Waals surface area contributed by atoms with Gasteiger partial charge in [-0.1, -0.05) is 106 Å². The third kappa shape index (κ3) is 4.92. The molecule has 3 aromatic carbocycles. The minimum absolute atomic E-state index is 0.0457. The number of benzene rings is 3. The van der Waals surface area contributed by atoms with Crippen LogP contribution in [0.1, 0.15) is 58.2 Å². The molecule has 3 aromatic rings. The molecule has 0 aliphatic carbocycles. The molecule has 0 aliphatic heterocycles. The van der Waals surface area contributed by atoms with Crippen LogP contribution in [-0.2, 0) is 17.0 Å². The van der Waals surface area contributed by atoms with Crippen molar-refractivity contribution >= 4 is 41.2 Å². The van der Waals surface area contributed by atoms with Crippen molar-refractivity contribution in [3.63, 3.8) is 0 Å². The summed E-state index contributed by atoms with van der Waals surface area (Å²) in [6.07, 6.45) is 0.828. The van der Waals surface area contributed by atoms with Gasteiger partial charge in [-0.25, -0.2) is 0 Å². The van der Waals surface area contributed by atoms with Crippen molar-refractivity contribution in [2.75, 3.05) is 0 Å². The lowest BCUT2D eigenvalue weighted by atomic mass is 9.80. The summed E-state index contributed by atoms with van der Waals surface area (Å²) in [6.45, 7) is 13.7. The molecule has 0 saturated carbocycles. The summed E-state index contributed by atoms with van der Waals surface area (Å²) in [7, 11) is 5.25. The van der Waals surface area contributed by atoms with Gasteiger partial charge < -0.3 is 0 Å². The van der Waals surface area contributed by atoms with E-state index in [9.17, 15) is 0 Å². The summed E-state index contributed by atoms with van der Waals surface area (Å²) in [6, 6.07) is 26.0. The van der Waals surface area contributed by atoms with Gasteiger partial charge in [0.15, 0.2) is 0 Å². The van der Waals surface area contributed by atoms with Crippen LogP contribution >= 0.6 is 23.1 Å². The first-order valence-electron chi connectivity index (χ1n) is 10.5. The molecule has 0 N–H and O–H groups in total. The first-order valence-corrected chi connectivity index (χ1v) is 13.4. The number of hydrogen-bond donors (Lipinski definition) is 0. The minimum Gasteiger partial charge on any atom is -0.291 e. The van der Waals surface area contributed by atoms with Crippen molar-refractivity contribution in [2.45, 2.75) is 58.5 Å². The molecule has 0 bridgehead atoms. The van der Waals surface area contributed by atoms with E-state index in [0.717, 1.165) is 6.16 Å². The van der Waals surface area contributed by atoms with Gasteiger partial charge in [0.25, 0.3) is 0 Å². The van der Waals surface area contributed by atoms with Crippen molar-refractivity contribution in [3.05, 3.63) is 94.0 Å². The lowest BCUT2D eigenvalue weighted by Gasteiger charge is -2.38. The van der Waals surface area contributed by atoms with E-state index in [1.807, 2.05) is 0 Å². The van der Waals surface area contributed by atoms with Gasteiger partial charge in [0, 0.05) is 26.8 Å². The van der Waals surface area contributed by atoms with Crippen molar-refractivity contribution < 1.29 is 0 Å². The van der Waals surface area contributed by atoms with E-state index in [1.165, 1.54) is 31.8 Å². The Labute approximate surface area is 193 Å². The van der Waals surface area contributed by atoms with Gasteiger partial charge in [-0.2, -0.15) is 7.14 Å². The molecule has 0 fully saturated rings. The Morgan fingerprint density at radius 3 is 1.60 bits per heavy atom. The van der Waals surface area contributed by atoms with Gasteiger partial charge in [0.1, 0.15) is 0 Å². The Hall–Kier alpha value is -1.37. The zero-order valence-electron chi connectivity index (χ0n) is 19.0. The van der Waals surface area contributed by atoms with Gasteiger partial charge in [-0.15, -0.1) is 0 Å². The minimum atomic E-state index is -2.10. The number of rotatable bonds is 4. The van der Waals surface area contributed by atoms with E-state index >= 15 is 0 Å². The Kier molecular flexibility index (Phi) is 6.71. The maximum atomic E-state index is 7.35. The maximum absolute atomic E-state index is 7.35. The van der Waals surface area contributed by atoms with E-state index in [1.54, 1.807) is 0 Å². The van der Waals surface area contributed by atoms with E-state index < -0.39 is 7.14 Å². The van der Waals surface area contributed by atoms with Crippen LogP contribution in [0.3, 0.4) is 0 Å². The quantitative estimate of drug-likeness (QED) is 0.273. The monoisotopic (exact) mass is 477 g/mol. The van der Waals surface area contributed by atoms with Gasteiger partial charge in [-0.3, -0.25) is 7.57 Å². The second-order valence-corrected chi connectivity index (χ2v) is 14.1. The highest BCUT2D eigenvalue weighted by Crippen LogP contribution is 2.56. The van der Waals surface area contributed by atoms with Crippen molar-refractivity contribution in [1.29, 1.82) is 0 Å². The van der Waals surface area contributed by atoms with E-state index in [-0.39, 0.29) is 10.8 Å². The molecule has 0 spiro atoms. The lowest BCUT2D eigenvalue weighted by molar-refractivity contribution is 0.565. The summed E-state index contributed by atoms with van der Waals surface area (Å²) in [5.74, 6) is 0. The molecule has 155 valence electrons. The van der Waals surface area contributed by atoms with Crippen molar-refractivity contribution in [2.24, 2.45) is 0 Å². The molecule has 30 heavy (non-hydrogen) atoms. The third-order valence-electron chi connectivity index (χ3n) is 5.68. The molecule has 3 rings (SSSR count). The fourth-order valence-corrected chi connectivity index (χ4v) is 7.81. The Morgan fingerprint density at radius 2 is 1.20 bits per heavy atom. The number of hydrogen-bond acceptors (Lipinski definition) is 0. The first kappa shape index (κ1) is 23.3. The highest BCUT2D eigenvalue weighted by Gasteiger charge is 2.29. The SMILES string of the molecule is [B-][P+](Cc1cc(C(C)(C)C)cc(C(C)(C)C)c1Br)(c1ccccc1)c1ccccc1. The normalized spacial score (nSPS) is 12.8. The number of halogens is 1. The molecule has 3 radical (unpaired) electrons. The molecule has 0 heterocycles. The van der Waals surface area contributed by atoms with Crippen LogP contribution in [0.4, 0.5) is 0 Å². The second-order valence-electron chi connectivity index (χ2n) is 10.2. The molecule has 0 atom stereocenters.